The number of rotatable bonds is 3. The van der Waals surface area contributed by atoms with E-state index in [4.69, 9.17) is 0 Å². The lowest BCUT2D eigenvalue weighted by Gasteiger charge is -2.25. The summed E-state index contributed by atoms with van der Waals surface area (Å²) in [6, 6.07) is 10.4. The minimum Gasteiger partial charge on any atom is -0.389 e. The fourth-order valence-electron chi connectivity index (χ4n) is 3.59. The first kappa shape index (κ1) is 13.6. The summed E-state index contributed by atoms with van der Waals surface area (Å²) in [5.41, 5.74) is 0.601. The van der Waals surface area contributed by atoms with Crippen molar-refractivity contribution in [2.24, 2.45) is 0 Å². The van der Waals surface area contributed by atoms with Gasteiger partial charge >= 0.3 is 0 Å². The molecule has 1 aromatic carbocycles. The topological polar surface area (TPSA) is 40.5 Å². The molecule has 1 saturated heterocycles. The highest BCUT2D eigenvalue weighted by Crippen LogP contribution is 2.34. The molecule has 3 rings (SSSR count). The molecule has 2 fully saturated rings. The quantitative estimate of drug-likeness (QED) is 0.920. The van der Waals surface area contributed by atoms with Gasteiger partial charge in [0, 0.05) is 19.0 Å². The first-order valence-corrected chi connectivity index (χ1v) is 7.71. The zero-order chi connectivity index (χ0) is 14.0. The van der Waals surface area contributed by atoms with Crippen LogP contribution in [0, 0.1) is 0 Å². The first-order valence-electron chi connectivity index (χ1n) is 7.71. The van der Waals surface area contributed by atoms with Gasteiger partial charge in [-0.2, -0.15) is 0 Å². The molecule has 0 aromatic heterocycles. The van der Waals surface area contributed by atoms with Crippen molar-refractivity contribution in [1.29, 1.82) is 0 Å². The fourth-order valence-corrected chi connectivity index (χ4v) is 3.59. The molecule has 1 aromatic rings. The van der Waals surface area contributed by atoms with Crippen molar-refractivity contribution in [3.05, 3.63) is 35.9 Å². The second-order valence-electron chi connectivity index (χ2n) is 6.34. The number of hydrogen-bond donors (Lipinski definition) is 1. The average Bonchev–Trinajstić information content (AvgIpc) is 3.09. The highest BCUT2D eigenvalue weighted by molar-refractivity contribution is 5.77. The zero-order valence-electron chi connectivity index (χ0n) is 11.9. The van der Waals surface area contributed by atoms with E-state index in [-0.39, 0.29) is 5.91 Å². The zero-order valence-corrected chi connectivity index (χ0v) is 11.9. The molecule has 3 heteroatoms. The van der Waals surface area contributed by atoms with Gasteiger partial charge in [-0.05, 0) is 24.8 Å². The number of benzene rings is 1. The number of nitrogens with zero attached hydrogens (tertiary/aromatic N) is 1. The second-order valence-corrected chi connectivity index (χ2v) is 6.34. The van der Waals surface area contributed by atoms with Crippen LogP contribution >= 0.6 is 0 Å². The smallest absolute Gasteiger partial charge is 0.225 e. The molecule has 1 unspecified atom stereocenters. The van der Waals surface area contributed by atoms with E-state index in [1.165, 1.54) is 5.56 Å². The van der Waals surface area contributed by atoms with Gasteiger partial charge in [-0.3, -0.25) is 4.79 Å². The lowest BCUT2D eigenvalue weighted by atomic mass is 9.97. The Labute approximate surface area is 120 Å². The van der Waals surface area contributed by atoms with Gasteiger partial charge in [0.15, 0.2) is 0 Å². The van der Waals surface area contributed by atoms with E-state index in [9.17, 15) is 9.90 Å². The van der Waals surface area contributed by atoms with Crippen LogP contribution in [-0.4, -0.2) is 34.6 Å². The Morgan fingerprint density at radius 3 is 2.65 bits per heavy atom. The van der Waals surface area contributed by atoms with Crippen LogP contribution in [0.25, 0.3) is 0 Å². The van der Waals surface area contributed by atoms with Gasteiger partial charge in [0.25, 0.3) is 0 Å². The first-order chi connectivity index (χ1) is 9.66. The maximum absolute atomic E-state index is 12.3. The molecule has 1 aliphatic carbocycles. The molecule has 1 aliphatic heterocycles. The summed E-state index contributed by atoms with van der Waals surface area (Å²) in [4.78, 5) is 14.3. The van der Waals surface area contributed by atoms with Crippen molar-refractivity contribution in [3.63, 3.8) is 0 Å². The lowest BCUT2D eigenvalue weighted by Crippen LogP contribution is -2.36. The van der Waals surface area contributed by atoms with E-state index >= 15 is 0 Å². The number of likely N-dealkylation sites (tertiary alicyclic amines) is 1. The Morgan fingerprint density at radius 2 is 1.95 bits per heavy atom. The average molecular weight is 273 g/mol. The summed E-state index contributed by atoms with van der Waals surface area (Å²) in [6.07, 6.45) is 5.03. The Balaban J connectivity index is 1.58. The van der Waals surface area contributed by atoms with Crippen LogP contribution in [0.3, 0.4) is 0 Å². The summed E-state index contributed by atoms with van der Waals surface area (Å²) >= 11 is 0. The molecule has 1 N–H and O–H groups in total. The molecule has 1 atom stereocenters. The third-order valence-electron chi connectivity index (χ3n) is 4.83. The molecule has 3 nitrogen and oxygen atoms in total. The van der Waals surface area contributed by atoms with Gasteiger partial charge in [0.05, 0.1) is 12.0 Å². The summed E-state index contributed by atoms with van der Waals surface area (Å²) in [5.74, 6) is 0.589. The van der Waals surface area contributed by atoms with Gasteiger partial charge in [-0.15, -0.1) is 0 Å². The van der Waals surface area contributed by atoms with E-state index in [0.717, 1.165) is 45.2 Å². The Kier molecular flexibility index (Phi) is 3.79. The molecule has 0 bridgehead atoms. The van der Waals surface area contributed by atoms with Gasteiger partial charge in [0.2, 0.25) is 5.91 Å². The maximum Gasteiger partial charge on any atom is 0.225 e. The van der Waals surface area contributed by atoms with Crippen LogP contribution in [0.1, 0.15) is 50.0 Å². The van der Waals surface area contributed by atoms with Gasteiger partial charge in [0.1, 0.15) is 0 Å². The SMILES string of the molecule is O=C(CC1(O)CCCC1)N1CCC(c2ccccc2)C1. The summed E-state index contributed by atoms with van der Waals surface area (Å²) in [7, 11) is 0. The molecular weight excluding hydrogens is 250 g/mol. The van der Waals surface area contributed by atoms with E-state index < -0.39 is 5.60 Å². The van der Waals surface area contributed by atoms with Crippen LogP contribution in [0.4, 0.5) is 0 Å². The third-order valence-corrected chi connectivity index (χ3v) is 4.83. The highest BCUT2D eigenvalue weighted by atomic mass is 16.3. The molecular formula is C17H23NO2. The van der Waals surface area contributed by atoms with E-state index in [1.807, 2.05) is 11.0 Å². The van der Waals surface area contributed by atoms with Crippen molar-refractivity contribution in [1.82, 2.24) is 4.90 Å². The fraction of sp³-hybridized carbons (Fsp3) is 0.588. The van der Waals surface area contributed by atoms with Crippen molar-refractivity contribution >= 4 is 5.91 Å². The van der Waals surface area contributed by atoms with E-state index in [1.54, 1.807) is 0 Å². The third kappa shape index (κ3) is 2.88. The molecule has 0 radical (unpaired) electrons. The Morgan fingerprint density at radius 1 is 1.25 bits per heavy atom. The highest BCUT2D eigenvalue weighted by Gasteiger charge is 2.36. The van der Waals surface area contributed by atoms with E-state index in [0.29, 0.717) is 12.3 Å². The van der Waals surface area contributed by atoms with Crippen LogP contribution in [0.2, 0.25) is 0 Å². The molecule has 1 heterocycles. The van der Waals surface area contributed by atoms with Gasteiger partial charge < -0.3 is 10.0 Å². The van der Waals surface area contributed by atoms with Gasteiger partial charge in [-0.1, -0.05) is 43.2 Å². The van der Waals surface area contributed by atoms with Crippen LogP contribution in [-0.2, 0) is 4.79 Å². The number of hydrogen-bond acceptors (Lipinski definition) is 2. The summed E-state index contributed by atoms with van der Waals surface area (Å²) in [6.45, 7) is 1.63. The van der Waals surface area contributed by atoms with Crippen molar-refractivity contribution in [2.45, 2.75) is 50.0 Å². The summed E-state index contributed by atoms with van der Waals surface area (Å²) in [5, 5.41) is 10.4. The van der Waals surface area contributed by atoms with Gasteiger partial charge in [-0.25, -0.2) is 0 Å². The lowest BCUT2D eigenvalue weighted by molar-refractivity contribution is -0.135. The molecule has 20 heavy (non-hydrogen) atoms. The van der Waals surface area contributed by atoms with E-state index in [2.05, 4.69) is 24.3 Å². The molecule has 2 aliphatic rings. The maximum atomic E-state index is 12.3. The molecule has 0 spiro atoms. The molecule has 108 valence electrons. The molecule has 1 saturated carbocycles. The number of aliphatic hydroxyl groups is 1. The van der Waals surface area contributed by atoms with Crippen LogP contribution in [0.15, 0.2) is 30.3 Å². The Bertz CT molecular complexity index is 465. The van der Waals surface area contributed by atoms with Crippen molar-refractivity contribution in [2.75, 3.05) is 13.1 Å². The van der Waals surface area contributed by atoms with Crippen molar-refractivity contribution < 1.29 is 9.90 Å². The number of amides is 1. The number of carbonyl (C=O) groups excluding carboxylic acids is 1. The predicted molar refractivity (Wildman–Crippen MR) is 78.4 cm³/mol. The Hall–Kier alpha value is -1.35. The molecule has 1 amide bonds. The largest absolute Gasteiger partial charge is 0.389 e. The second kappa shape index (κ2) is 5.57. The standard InChI is InChI=1S/C17H23NO2/c19-16(12-17(20)9-4-5-10-17)18-11-8-15(13-18)14-6-2-1-3-7-14/h1-3,6-7,15,20H,4-5,8-13H2. The predicted octanol–water partition coefficient (Wildman–Crippen LogP) is 2.70. The van der Waals surface area contributed by atoms with Crippen LogP contribution in [0.5, 0.6) is 0 Å². The minimum atomic E-state index is -0.720. The monoisotopic (exact) mass is 273 g/mol. The summed E-state index contributed by atoms with van der Waals surface area (Å²) < 4.78 is 0. The number of carbonyl (C=O) groups is 1. The van der Waals surface area contributed by atoms with Crippen LogP contribution < -0.4 is 0 Å². The van der Waals surface area contributed by atoms with Crippen molar-refractivity contribution in [3.8, 4) is 0 Å². The minimum absolute atomic E-state index is 0.132. The normalized spacial score (nSPS) is 25.1.